The largest absolute Gasteiger partial charge is 0.331 e. The fourth-order valence-corrected chi connectivity index (χ4v) is 7.42. The van der Waals surface area contributed by atoms with Crippen LogP contribution in [0, 0.1) is 0 Å². The highest BCUT2D eigenvalue weighted by Crippen LogP contribution is 2.26. The summed E-state index contributed by atoms with van der Waals surface area (Å²) in [6.07, 6.45) is 10.0. The second-order valence-corrected chi connectivity index (χ2v) is 14.9. The lowest BCUT2D eigenvalue weighted by Crippen LogP contribution is -2.62. The van der Waals surface area contributed by atoms with Crippen molar-refractivity contribution >= 4 is 12.1 Å². The molecule has 0 bridgehead atoms. The summed E-state index contributed by atoms with van der Waals surface area (Å²) >= 11 is 0. The molecule has 250 valence electrons. The molecule has 4 fully saturated rings. The summed E-state index contributed by atoms with van der Waals surface area (Å²) in [5, 5.41) is 6.80. The van der Waals surface area contributed by atoms with E-state index in [2.05, 4.69) is 86.1 Å². The van der Waals surface area contributed by atoms with Crippen molar-refractivity contribution in [2.75, 3.05) is 93.6 Å². The van der Waals surface area contributed by atoms with Crippen molar-refractivity contribution in [2.45, 2.75) is 109 Å². The number of hydrogen-bond donors (Lipinski definition) is 2. The standard InChI is InChI=1S/C17H34N4O.C16H32N4O/c1-15(2)20-12-8-17(9-13-20,14-19(3)4)18-16(22)21-10-6-5-7-11-21;1-14(2)19-11-7-16(8-12-19,13-18(3)4)17-15(21)20-9-5-6-10-20/h15H,5-14H2,1-4H3,(H,18,22);14H,5-13H2,1-4H3,(H,17,21). The van der Waals surface area contributed by atoms with Gasteiger partial charge in [-0.2, -0.15) is 0 Å². The molecule has 4 amide bonds. The van der Waals surface area contributed by atoms with Gasteiger partial charge in [-0.1, -0.05) is 0 Å². The number of likely N-dealkylation sites (tertiary alicyclic amines) is 4. The minimum Gasteiger partial charge on any atom is -0.331 e. The van der Waals surface area contributed by atoms with Crippen LogP contribution in [0.5, 0.6) is 0 Å². The molecule has 2 N–H and O–H groups in total. The number of carbonyl (C=O) groups is 2. The van der Waals surface area contributed by atoms with E-state index in [0.29, 0.717) is 12.1 Å². The molecule has 4 saturated heterocycles. The summed E-state index contributed by atoms with van der Waals surface area (Å²) in [4.78, 5) is 38.6. The zero-order valence-corrected chi connectivity index (χ0v) is 29.1. The van der Waals surface area contributed by atoms with Gasteiger partial charge < -0.3 is 40.0 Å². The summed E-state index contributed by atoms with van der Waals surface area (Å²) < 4.78 is 0. The van der Waals surface area contributed by atoms with E-state index in [9.17, 15) is 9.59 Å². The first-order valence-electron chi connectivity index (χ1n) is 17.3. The quantitative estimate of drug-likeness (QED) is 0.440. The molecule has 43 heavy (non-hydrogen) atoms. The number of nitrogens with zero attached hydrogens (tertiary/aromatic N) is 6. The van der Waals surface area contributed by atoms with Gasteiger partial charge in [0.25, 0.3) is 0 Å². The van der Waals surface area contributed by atoms with E-state index in [0.717, 1.165) is 117 Å². The molecule has 0 radical (unpaired) electrons. The lowest BCUT2D eigenvalue weighted by molar-refractivity contribution is 0.0885. The van der Waals surface area contributed by atoms with Crippen molar-refractivity contribution in [1.29, 1.82) is 0 Å². The average molecular weight is 607 g/mol. The minimum absolute atomic E-state index is 0.0609. The van der Waals surface area contributed by atoms with E-state index in [1.165, 1.54) is 6.42 Å². The van der Waals surface area contributed by atoms with Gasteiger partial charge in [0.1, 0.15) is 0 Å². The van der Waals surface area contributed by atoms with E-state index in [1.54, 1.807) is 0 Å². The van der Waals surface area contributed by atoms with Gasteiger partial charge in [0.05, 0.1) is 11.1 Å². The Morgan fingerprint density at radius 3 is 1.14 bits per heavy atom. The molecule has 0 aromatic rings. The SMILES string of the molecule is CC(C)N1CCC(CN(C)C)(NC(=O)N2CCCC2)CC1.CC(C)N1CCC(CN(C)C)(NC(=O)N2CCCCC2)CC1. The molecule has 0 unspecified atom stereocenters. The third-order valence-electron chi connectivity index (χ3n) is 9.99. The molecule has 4 aliphatic rings. The summed E-state index contributed by atoms with van der Waals surface area (Å²) in [6.45, 7) is 18.8. The maximum atomic E-state index is 12.7. The molecule has 0 saturated carbocycles. The number of nitrogens with one attached hydrogen (secondary N) is 2. The Morgan fingerprint density at radius 1 is 0.558 bits per heavy atom. The van der Waals surface area contributed by atoms with Crippen LogP contribution >= 0.6 is 0 Å². The fraction of sp³-hybridized carbons (Fsp3) is 0.939. The third kappa shape index (κ3) is 11.0. The van der Waals surface area contributed by atoms with Gasteiger partial charge in [0.2, 0.25) is 0 Å². The molecule has 10 nitrogen and oxygen atoms in total. The highest BCUT2D eigenvalue weighted by Gasteiger charge is 2.39. The first-order chi connectivity index (χ1) is 20.3. The van der Waals surface area contributed by atoms with Crippen LogP contribution in [0.2, 0.25) is 0 Å². The van der Waals surface area contributed by atoms with Crippen LogP contribution in [0.4, 0.5) is 9.59 Å². The molecule has 0 atom stereocenters. The lowest BCUT2D eigenvalue weighted by Gasteiger charge is -2.45. The smallest absolute Gasteiger partial charge is 0.317 e. The van der Waals surface area contributed by atoms with Gasteiger partial charge in [-0.3, -0.25) is 0 Å². The second-order valence-electron chi connectivity index (χ2n) is 14.9. The summed E-state index contributed by atoms with van der Waals surface area (Å²) in [7, 11) is 8.39. The Balaban J connectivity index is 0.000000236. The summed E-state index contributed by atoms with van der Waals surface area (Å²) in [5.74, 6) is 0. The van der Waals surface area contributed by atoms with Gasteiger partial charge >= 0.3 is 12.1 Å². The van der Waals surface area contributed by atoms with Crippen molar-refractivity contribution in [3.8, 4) is 0 Å². The van der Waals surface area contributed by atoms with Crippen molar-refractivity contribution in [2.24, 2.45) is 0 Å². The van der Waals surface area contributed by atoms with Crippen LogP contribution in [0.1, 0.15) is 85.5 Å². The van der Waals surface area contributed by atoms with Crippen LogP contribution in [0.3, 0.4) is 0 Å². The number of rotatable bonds is 8. The summed E-state index contributed by atoms with van der Waals surface area (Å²) in [5.41, 5.74) is -0.127. The van der Waals surface area contributed by atoms with E-state index < -0.39 is 0 Å². The van der Waals surface area contributed by atoms with Crippen molar-refractivity contribution in [1.82, 2.24) is 40.0 Å². The van der Waals surface area contributed by atoms with Crippen LogP contribution in [-0.4, -0.2) is 158 Å². The molecule has 0 aromatic carbocycles. The Hall–Kier alpha value is -1.62. The van der Waals surface area contributed by atoms with Crippen molar-refractivity contribution in [3.05, 3.63) is 0 Å². The Labute approximate surface area is 263 Å². The number of hydrogen-bond acceptors (Lipinski definition) is 6. The molecule has 4 aliphatic heterocycles. The van der Waals surface area contributed by atoms with E-state index in [-0.39, 0.29) is 23.1 Å². The van der Waals surface area contributed by atoms with Crippen molar-refractivity contribution in [3.63, 3.8) is 0 Å². The predicted octanol–water partition coefficient (Wildman–Crippen LogP) is 3.58. The molecule has 4 rings (SSSR count). The zero-order chi connectivity index (χ0) is 31.6. The minimum atomic E-state index is -0.0661. The predicted molar refractivity (Wildman–Crippen MR) is 178 cm³/mol. The normalized spacial score (nSPS) is 23.1. The van der Waals surface area contributed by atoms with Crippen LogP contribution in [0.25, 0.3) is 0 Å². The van der Waals surface area contributed by atoms with Crippen molar-refractivity contribution < 1.29 is 9.59 Å². The molecule has 10 heteroatoms. The molecule has 0 spiro atoms. The molecule has 0 aliphatic carbocycles. The fourth-order valence-electron chi connectivity index (χ4n) is 7.42. The van der Waals surface area contributed by atoms with Gasteiger partial charge in [-0.25, -0.2) is 9.59 Å². The first kappa shape index (κ1) is 35.9. The van der Waals surface area contributed by atoms with Gasteiger partial charge in [-0.05, 0) is 114 Å². The lowest BCUT2D eigenvalue weighted by atomic mass is 9.86. The van der Waals surface area contributed by atoms with Crippen LogP contribution in [0.15, 0.2) is 0 Å². The van der Waals surface area contributed by atoms with Crippen LogP contribution in [-0.2, 0) is 0 Å². The number of likely N-dealkylation sites (N-methyl/N-ethyl adjacent to an activating group) is 2. The number of carbonyl (C=O) groups excluding carboxylic acids is 2. The number of amides is 4. The maximum absolute atomic E-state index is 12.7. The monoisotopic (exact) mass is 607 g/mol. The Kier molecular flexibility index (Phi) is 13.9. The topological polar surface area (TPSA) is 77.6 Å². The zero-order valence-electron chi connectivity index (χ0n) is 29.1. The van der Waals surface area contributed by atoms with E-state index in [4.69, 9.17) is 0 Å². The Morgan fingerprint density at radius 2 is 0.860 bits per heavy atom. The van der Waals surface area contributed by atoms with Crippen LogP contribution < -0.4 is 10.6 Å². The molecule has 4 heterocycles. The Bertz CT molecular complexity index is 836. The second kappa shape index (κ2) is 16.6. The van der Waals surface area contributed by atoms with Gasteiger partial charge in [0.15, 0.2) is 0 Å². The number of piperidine rings is 3. The maximum Gasteiger partial charge on any atom is 0.317 e. The summed E-state index contributed by atoms with van der Waals surface area (Å²) in [6, 6.07) is 1.48. The molecular weight excluding hydrogens is 540 g/mol. The molecule has 0 aromatic heterocycles. The highest BCUT2D eigenvalue weighted by molar-refractivity contribution is 5.75. The van der Waals surface area contributed by atoms with Gasteiger partial charge in [-0.15, -0.1) is 0 Å². The number of urea groups is 2. The average Bonchev–Trinajstić information content (AvgIpc) is 3.49. The highest BCUT2D eigenvalue weighted by atomic mass is 16.2. The molecular formula is C33H66N8O2. The van der Waals surface area contributed by atoms with E-state index >= 15 is 0 Å². The van der Waals surface area contributed by atoms with E-state index in [1.807, 2.05) is 9.80 Å². The third-order valence-corrected chi connectivity index (χ3v) is 9.99. The van der Waals surface area contributed by atoms with Gasteiger partial charge in [0, 0.05) is 77.5 Å². The first-order valence-corrected chi connectivity index (χ1v) is 17.3.